The number of para-hydroxylation sites is 2. The van der Waals surface area contributed by atoms with Crippen LogP contribution in [0.1, 0.15) is 25.7 Å². The number of nitrogens with zero attached hydrogens (tertiary/aromatic N) is 2. The Morgan fingerprint density at radius 2 is 1.91 bits per heavy atom. The van der Waals surface area contributed by atoms with Crippen molar-refractivity contribution in [1.29, 1.82) is 10.7 Å². The molecule has 116 valence electrons. The number of nitrogens with two attached hydrogens (primary N) is 1. The number of nitriles is 1. The van der Waals surface area contributed by atoms with Crippen molar-refractivity contribution in [3.8, 4) is 6.07 Å². The van der Waals surface area contributed by atoms with Crippen LogP contribution in [-0.2, 0) is 0 Å². The molecule has 1 aromatic carbocycles. The zero-order valence-corrected chi connectivity index (χ0v) is 12.2. The number of aliphatic hydroxyl groups is 1. The van der Waals surface area contributed by atoms with E-state index in [0.717, 1.165) is 31.4 Å². The number of nitrogens with one attached hydrogen (secondary N) is 3. The van der Waals surface area contributed by atoms with Crippen molar-refractivity contribution in [2.75, 3.05) is 10.7 Å². The lowest BCUT2D eigenvalue weighted by molar-refractivity contribution is 0.126. The van der Waals surface area contributed by atoms with Crippen molar-refractivity contribution in [1.82, 2.24) is 0 Å². The van der Waals surface area contributed by atoms with Gasteiger partial charge in [0.25, 0.3) is 0 Å². The Kier molecular flexibility index (Phi) is 5.33. The van der Waals surface area contributed by atoms with Crippen molar-refractivity contribution in [2.45, 2.75) is 37.8 Å². The van der Waals surface area contributed by atoms with E-state index in [-0.39, 0.29) is 17.7 Å². The van der Waals surface area contributed by atoms with Gasteiger partial charge in [0.2, 0.25) is 5.71 Å². The molecule has 0 atom stereocenters. The Balaban J connectivity index is 2.07. The van der Waals surface area contributed by atoms with Crippen LogP contribution in [-0.4, -0.2) is 28.8 Å². The average Bonchev–Trinajstić information content (AvgIpc) is 2.51. The molecule has 0 heterocycles. The van der Waals surface area contributed by atoms with Crippen LogP contribution in [0.5, 0.6) is 0 Å². The molecule has 0 spiro atoms. The second kappa shape index (κ2) is 7.43. The van der Waals surface area contributed by atoms with Gasteiger partial charge in [0, 0.05) is 6.04 Å². The first-order valence-corrected chi connectivity index (χ1v) is 7.22. The summed E-state index contributed by atoms with van der Waals surface area (Å²) in [4.78, 5) is 0. The highest BCUT2D eigenvalue weighted by Gasteiger charge is 2.19. The van der Waals surface area contributed by atoms with E-state index in [1.54, 1.807) is 6.07 Å². The van der Waals surface area contributed by atoms with Gasteiger partial charge in [-0.25, -0.2) is 0 Å². The fourth-order valence-electron chi connectivity index (χ4n) is 2.41. The summed E-state index contributed by atoms with van der Waals surface area (Å²) in [5.74, 6) is -0.373. The van der Waals surface area contributed by atoms with Crippen molar-refractivity contribution < 1.29 is 5.11 Å². The van der Waals surface area contributed by atoms with Crippen LogP contribution in [0.25, 0.3) is 0 Å². The monoisotopic (exact) mass is 300 g/mol. The third-order valence-electron chi connectivity index (χ3n) is 3.63. The Morgan fingerprint density at radius 1 is 1.27 bits per heavy atom. The summed E-state index contributed by atoms with van der Waals surface area (Å²) < 4.78 is 0. The molecule has 7 nitrogen and oxygen atoms in total. The van der Waals surface area contributed by atoms with E-state index in [1.807, 2.05) is 24.3 Å². The summed E-state index contributed by atoms with van der Waals surface area (Å²) in [7, 11) is 0. The number of aliphatic hydroxyl groups excluding tert-OH is 1. The van der Waals surface area contributed by atoms with Gasteiger partial charge in [-0.3, -0.25) is 10.8 Å². The standard InChI is InChI=1S/C15H20N6O/c16-9-14(15(17)18)21-20-13-4-2-1-3-12(13)19-10-5-7-11(22)8-6-10/h1-4,10-11,19-20,22H,5-8H2,(H3,17,18)/b21-14+. The number of benzene rings is 1. The molecule has 1 saturated carbocycles. The van der Waals surface area contributed by atoms with Crippen LogP contribution in [0.2, 0.25) is 0 Å². The first-order chi connectivity index (χ1) is 10.6. The maximum Gasteiger partial charge on any atom is 0.201 e. The SMILES string of the molecule is N#C/C(=N\Nc1ccccc1NC1CCC(O)CC1)C(=N)N. The van der Waals surface area contributed by atoms with Crippen LogP contribution in [0, 0.1) is 16.7 Å². The van der Waals surface area contributed by atoms with E-state index in [2.05, 4.69) is 15.8 Å². The van der Waals surface area contributed by atoms with E-state index in [1.165, 1.54) is 0 Å². The third kappa shape index (κ3) is 4.20. The van der Waals surface area contributed by atoms with Gasteiger partial charge >= 0.3 is 0 Å². The van der Waals surface area contributed by atoms with E-state index < -0.39 is 0 Å². The minimum Gasteiger partial charge on any atom is -0.393 e. The molecule has 0 aliphatic heterocycles. The third-order valence-corrected chi connectivity index (χ3v) is 3.63. The van der Waals surface area contributed by atoms with E-state index in [4.69, 9.17) is 16.4 Å². The van der Waals surface area contributed by atoms with Gasteiger partial charge in [0.05, 0.1) is 17.5 Å². The van der Waals surface area contributed by atoms with Crippen molar-refractivity contribution >= 4 is 22.9 Å². The summed E-state index contributed by atoms with van der Waals surface area (Å²) in [6.07, 6.45) is 3.23. The predicted octanol–water partition coefficient (Wildman–Crippen LogP) is 1.63. The Hall–Kier alpha value is -2.59. The van der Waals surface area contributed by atoms with Crippen LogP contribution in [0.4, 0.5) is 11.4 Å². The number of anilines is 2. The summed E-state index contributed by atoms with van der Waals surface area (Å²) >= 11 is 0. The van der Waals surface area contributed by atoms with E-state index >= 15 is 0 Å². The average molecular weight is 300 g/mol. The highest BCUT2D eigenvalue weighted by Crippen LogP contribution is 2.26. The zero-order chi connectivity index (χ0) is 15.9. The van der Waals surface area contributed by atoms with Gasteiger partial charge in [-0.05, 0) is 37.8 Å². The molecule has 1 aliphatic rings. The fourth-order valence-corrected chi connectivity index (χ4v) is 2.41. The summed E-state index contributed by atoms with van der Waals surface area (Å²) in [5.41, 5.74) is 9.46. The second-order valence-corrected chi connectivity index (χ2v) is 5.29. The van der Waals surface area contributed by atoms with E-state index in [0.29, 0.717) is 11.7 Å². The Bertz CT molecular complexity index is 598. The van der Waals surface area contributed by atoms with Crippen LogP contribution in [0.15, 0.2) is 29.4 Å². The predicted molar refractivity (Wildman–Crippen MR) is 86.9 cm³/mol. The number of amidine groups is 1. The lowest BCUT2D eigenvalue weighted by atomic mass is 9.93. The van der Waals surface area contributed by atoms with Crippen LogP contribution >= 0.6 is 0 Å². The largest absolute Gasteiger partial charge is 0.393 e. The molecule has 7 heteroatoms. The molecule has 0 unspecified atom stereocenters. The summed E-state index contributed by atoms with van der Waals surface area (Å²) in [6.45, 7) is 0. The van der Waals surface area contributed by atoms with E-state index in [9.17, 15) is 5.11 Å². The molecule has 1 aliphatic carbocycles. The highest BCUT2D eigenvalue weighted by molar-refractivity contribution is 6.45. The molecule has 1 fully saturated rings. The molecular weight excluding hydrogens is 280 g/mol. The Labute approximate surface area is 129 Å². The normalized spacial score (nSPS) is 21.7. The van der Waals surface area contributed by atoms with Gasteiger partial charge in [0.1, 0.15) is 6.07 Å². The topological polar surface area (TPSA) is 130 Å². The fraction of sp³-hybridized carbons (Fsp3) is 0.400. The molecule has 0 amide bonds. The second-order valence-electron chi connectivity index (χ2n) is 5.29. The minimum atomic E-state index is -0.373. The maximum atomic E-state index is 9.55. The first kappa shape index (κ1) is 15.8. The van der Waals surface area contributed by atoms with Crippen LogP contribution in [0.3, 0.4) is 0 Å². The molecule has 2 rings (SSSR count). The number of hydrazone groups is 1. The van der Waals surface area contributed by atoms with Crippen molar-refractivity contribution in [2.24, 2.45) is 10.8 Å². The summed E-state index contributed by atoms with van der Waals surface area (Å²) in [6, 6.07) is 9.59. The van der Waals surface area contributed by atoms with Crippen molar-refractivity contribution in [3.05, 3.63) is 24.3 Å². The quantitative estimate of drug-likeness (QED) is 0.320. The smallest absolute Gasteiger partial charge is 0.201 e. The van der Waals surface area contributed by atoms with Gasteiger partial charge in [-0.2, -0.15) is 10.4 Å². The van der Waals surface area contributed by atoms with Gasteiger partial charge in [-0.1, -0.05) is 12.1 Å². The lowest BCUT2D eigenvalue weighted by Crippen LogP contribution is -2.28. The molecule has 22 heavy (non-hydrogen) atoms. The minimum absolute atomic E-state index is 0.157. The number of hydrogen-bond acceptors (Lipinski definition) is 6. The lowest BCUT2D eigenvalue weighted by Gasteiger charge is -2.27. The van der Waals surface area contributed by atoms with Gasteiger partial charge in [-0.15, -0.1) is 0 Å². The zero-order valence-electron chi connectivity index (χ0n) is 12.2. The molecule has 6 N–H and O–H groups in total. The molecule has 0 radical (unpaired) electrons. The van der Waals surface area contributed by atoms with Crippen LogP contribution < -0.4 is 16.5 Å². The highest BCUT2D eigenvalue weighted by atomic mass is 16.3. The van der Waals surface area contributed by atoms with Gasteiger partial charge in [0.15, 0.2) is 5.84 Å². The number of rotatable bonds is 5. The first-order valence-electron chi connectivity index (χ1n) is 7.22. The molecule has 0 bridgehead atoms. The molecular formula is C15H20N6O. The maximum absolute atomic E-state index is 9.55. The molecule has 0 saturated heterocycles. The molecule has 1 aromatic rings. The van der Waals surface area contributed by atoms with Gasteiger partial charge < -0.3 is 16.2 Å². The Morgan fingerprint density at radius 3 is 2.50 bits per heavy atom. The molecule has 0 aromatic heterocycles. The van der Waals surface area contributed by atoms with Crippen molar-refractivity contribution in [3.63, 3.8) is 0 Å². The summed E-state index contributed by atoms with van der Waals surface area (Å²) in [5, 5.41) is 32.9. The number of hydrogen-bond donors (Lipinski definition) is 5.